The smallest absolute Gasteiger partial charge is 0.272 e. The normalized spacial score (nSPS) is 10.7. The third-order valence-corrected chi connectivity index (χ3v) is 6.33. The van der Waals surface area contributed by atoms with Gasteiger partial charge in [0.25, 0.3) is 5.91 Å². The van der Waals surface area contributed by atoms with Gasteiger partial charge in [-0.2, -0.15) is 5.10 Å². The molecular weight excluding hydrogens is 458 g/mol. The standard InChI is InChI=1S/C32H29N3O2/c1-37-29-19-17-28(18-20-29)35-31(23-30(33-35)27-15-9-4-10-16-27)32(36)34(24-26-13-7-3-8-14-26)22-21-25-11-5-2-6-12-25/h2-20,23H,21-22,24H2,1H3. The maximum atomic E-state index is 14.2. The van der Waals surface area contributed by atoms with E-state index in [9.17, 15) is 4.79 Å². The Morgan fingerprint density at radius 1 is 0.784 bits per heavy atom. The van der Waals surface area contributed by atoms with E-state index in [1.54, 1.807) is 11.8 Å². The van der Waals surface area contributed by atoms with E-state index in [1.165, 1.54) is 5.56 Å². The van der Waals surface area contributed by atoms with Crippen molar-refractivity contribution >= 4 is 5.91 Å². The van der Waals surface area contributed by atoms with Crippen LogP contribution in [0.1, 0.15) is 21.6 Å². The number of carbonyl (C=O) groups excluding carboxylic acids is 1. The fourth-order valence-electron chi connectivity index (χ4n) is 4.33. The molecule has 37 heavy (non-hydrogen) atoms. The maximum Gasteiger partial charge on any atom is 0.272 e. The summed E-state index contributed by atoms with van der Waals surface area (Å²) in [6, 6.07) is 39.8. The number of rotatable bonds is 9. The topological polar surface area (TPSA) is 47.4 Å². The lowest BCUT2D eigenvalue weighted by Gasteiger charge is -2.23. The second-order valence-electron chi connectivity index (χ2n) is 8.84. The van der Waals surface area contributed by atoms with E-state index in [0.29, 0.717) is 18.8 Å². The lowest BCUT2D eigenvalue weighted by Crippen LogP contribution is -2.34. The molecule has 1 heterocycles. The van der Waals surface area contributed by atoms with Gasteiger partial charge in [-0.1, -0.05) is 91.0 Å². The van der Waals surface area contributed by atoms with Gasteiger partial charge >= 0.3 is 0 Å². The number of hydrogen-bond acceptors (Lipinski definition) is 3. The van der Waals surface area contributed by atoms with Gasteiger partial charge in [0.1, 0.15) is 11.4 Å². The number of carbonyl (C=O) groups is 1. The third-order valence-electron chi connectivity index (χ3n) is 6.33. The number of methoxy groups -OCH3 is 1. The van der Waals surface area contributed by atoms with E-state index in [0.717, 1.165) is 34.7 Å². The number of aromatic nitrogens is 2. The van der Waals surface area contributed by atoms with Gasteiger partial charge in [-0.3, -0.25) is 4.79 Å². The molecule has 0 radical (unpaired) electrons. The lowest BCUT2D eigenvalue weighted by molar-refractivity contribution is 0.0736. The molecule has 0 N–H and O–H groups in total. The van der Waals surface area contributed by atoms with E-state index in [1.807, 2.05) is 102 Å². The van der Waals surface area contributed by atoms with Crippen LogP contribution in [0.3, 0.4) is 0 Å². The molecule has 1 aromatic heterocycles. The van der Waals surface area contributed by atoms with Crippen LogP contribution in [-0.4, -0.2) is 34.2 Å². The summed E-state index contributed by atoms with van der Waals surface area (Å²) in [6.07, 6.45) is 0.766. The second-order valence-corrected chi connectivity index (χ2v) is 8.84. The molecule has 0 atom stereocenters. The molecule has 5 aromatic rings. The molecule has 1 amide bonds. The summed E-state index contributed by atoms with van der Waals surface area (Å²) in [5.41, 5.74) is 5.32. The minimum atomic E-state index is -0.0646. The fourth-order valence-corrected chi connectivity index (χ4v) is 4.33. The van der Waals surface area contributed by atoms with E-state index in [2.05, 4.69) is 24.3 Å². The number of hydrogen-bond donors (Lipinski definition) is 0. The van der Waals surface area contributed by atoms with Crippen LogP contribution in [-0.2, 0) is 13.0 Å². The quantitative estimate of drug-likeness (QED) is 0.241. The van der Waals surface area contributed by atoms with Crippen molar-refractivity contribution in [3.8, 4) is 22.7 Å². The largest absolute Gasteiger partial charge is 0.497 e. The Morgan fingerprint density at radius 3 is 2.00 bits per heavy atom. The monoisotopic (exact) mass is 487 g/mol. The average molecular weight is 488 g/mol. The minimum Gasteiger partial charge on any atom is -0.497 e. The van der Waals surface area contributed by atoms with E-state index in [4.69, 9.17) is 9.84 Å². The van der Waals surface area contributed by atoms with Crippen LogP contribution >= 0.6 is 0 Å². The molecule has 0 aliphatic rings. The zero-order chi connectivity index (χ0) is 25.5. The summed E-state index contributed by atoms with van der Waals surface area (Å²) in [6.45, 7) is 1.10. The van der Waals surface area contributed by atoms with Crippen molar-refractivity contribution < 1.29 is 9.53 Å². The zero-order valence-electron chi connectivity index (χ0n) is 20.8. The molecule has 0 saturated carbocycles. The van der Waals surface area contributed by atoms with Gasteiger partial charge in [-0.15, -0.1) is 0 Å². The maximum absolute atomic E-state index is 14.2. The predicted molar refractivity (Wildman–Crippen MR) is 147 cm³/mol. The Labute approximate surface area is 217 Å². The van der Waals surface area contributed by atoms with Gasteiger partial charge in [0, 0.05) is 18.7 Å². The van der Waals surface area contributed by atoms with Crippen molar-refractivity contribution in [3.63, 3.8) is 0 Å². The van der Waals surface area contributed by atoms with Crippen molar-refractivity contribution in [2.75, 3.05) is 13.7 Å². The predicted octanol–water partition coefficient (Wildman–Crippen LogP) is 6.43. The molecule has 5 rings (SSSR count). The first-order valence-electron chi connectivity index (χ1n) is 12.4. The van der Waals surface area contributed by atoms with Crippen LogP contribution in [0.2, 0.25) is 0 Å². The highest BCUT2D eigenvalue weighted by atomic mass is 16.5. The summed E-state index contributed by atoms with van der Waals surface area (Å²) in [5, 5.41) is 4.86. The first-order chi connectivity index (χ1) is 18.2. The van der Waals surface area contributed by atoms with Gasteiger partial charge in [0.2, 0.25) is 0 Å². The van der Waals surface area contributed by atoms with Gasteiger partial charge in [-0.05, 0) is 47.9 Å². The summed E-state index contributed by atoms with van der Waals surface area (Å²) < 4.78 is 7.07. The summed E-state index contributed by atoms with van der Waals surface area (Å²) in [7, 11) is 1.64. The zero-order valence-corrected chi connectivity index (χ0v) is 20.8. The molecular formula is C32H29N3O2. The second kappa shape index (κ2) is 11.4. The van der Waals surface area contributed by atoms with Crippen molar-refractivity contribution in [3.05, 3.63) is 138 Å². The van der Waals surface area contributed by atoms with Crippen molar-refractivity contribution in [1.82, 2.24) is 14.7 Å². The molecule has 5 heteroatoms. The molecule has 184 valence electrons. The first-order valence-corrected chi connectivity index (χ1v) is 12.4. The molecule has 4 aromatic carbocycles. The molecule has 0 spiro atoms. The highest BCUT2D eigenvalue weighted by Crippen LogP contribution is 2.24. The Morgan fingerprint density at radius 2 is 1.38 bits per heavy atom. The van der Waals surface area contributed by atoms with E-state index in [-0.39, 0.29) is 5.91 Å². The molecule has 0 aliphatic heterocycles. The van der Waals surface area contributed by atoms with Crippen LogP contribution in [0.15, 0.2) is 121 Å². The summed E-state index contributed by atoms with van der Waals surface area (Å²) in [4.78, 5) is 16.1. The fraction of sp³-hybridized carbons (Fsp3) is 0.125. The SMILES string of the molecule is COc1ccc(-n2nc(-c3ccccc3)cc2C(=O)N(CCc2ccccc2)Cc2ccccc2)cc1. The molecule has 0 saturated heterocycles. The van der Waals surface area contributed by atoms with Crippen LogP contribution in [0.4, 0.5) is 0 Å². The van der Waals surface area contributed by atoms with Gasteiger partial charge in [0.05, 0.1) is 18.5 Å². The van der Waals surface area contributed by atoms with Gasteiger partial charge in [-0.25, -0.2) is 4.68 Å². The van der Waals surface area contributed by atoms with E-state index >= 15 is 0 Å². The number of benzene rings is 4. The highest BCUT2D eigenvalue weighted by Gasteiger charge is 2.23. The van der Waals surface area contributed by atoms with Crippen LogP contribution < -0.4 is 4.74 Å². The minimum absolute atomic E-state index is 0.0646. The molecule has 0 aliphatic carbocycles. The summed E-state index contributed by atoms with van der Waals surface area (Å²) in [5.74, 6) is 0.686. The molecule has 0 fully saturated rings. The Kier molecular flexibility index (Phi) is 7.42. The first kappa shape index (κ1) is 24.1. The lowest BCUT2D eigenvalue weighted by atomic mass is 10.1. The number of ether oxygens (including phenoxy) is 1. The Hall–Kier alpha value is -4.64. The van der Waals surface area contributed by atoms with Crippen molar-refractivity contribution in [1.29, 1.82) is 0 Å². The van der Waals surface area contributed by atoms with Crippen LogP contribution in [0, 0.1) is 0 Å². The van der Waals surface area contributed by atoms with E-state index < -0.39 is 0 Å². The van der Waals surface area contributed by atoms with Crippen molar-refractivity contribution in [2.24, 2.45) is 0 Å². The highest BCUT2D eigenvalue weighted by molar-refractivity contribution is 5.94. The molecule has 0 unspecified atom stereocenters. The van der Waals surface area contributed by atoms with Crippen LogP contribution in [0.25, 0.3) is 16.9 Å². The van der Waals surface area contributed by atoms with Crippen molar-refractivity contribution in [2.45, 2.75) is 13.0 Å². The molecule has 5 nitrogen and oxygen atoms in total. The van der Waals surface area contributed by atoms with Gasteiger partial charge in [0.15, 0.2) is 0 Å². The van der Waals surface area contributed by atoms with Crippen LogP contribution in [0.5, 0.6) is 5.75 Å². The molecule has 0 bridgehead atoms. The third kappa shape index (κ3) is 5.78. The number of nitrogens with zero attached hydrogens (tertiary/aromatic N) is 3. The Bertz CT molecular complexity index is 1430. The van der Waals surface area contributed by atoms with Gasteiger partial charge < -0.3 is 9.64 Å². The Balaban J connectivity index is 1.53. The number of amides is 1. The average Bonchev–Trinajstić information content (AvgIpc) is 3.42. The summed E-state index contributed by atoms with van der Waals surface area (Å²) >= 11 is 0.